The Morgan fingerprint density at radius 2 is 2.05 bits per heavy atom. The molecular formula is C17H24N2O. The van der Waals surface area contributed by atoms with E-state index in [-0.39, 0.29) is 5.60 Å². The maximum atomic E-state index is 6.51. The first kappa shape index (κ1) is 12.7. The van der Waals surface area contributed by atoms with Crippen LogP contribution in [-0.4, -0.2) is 36.2 Å². The Morgan fingerprint density at radius 3 is 2.80 bits per heavy atom. The van der Waals surface area contributed by atoms with Crippen molar-refractivity contribution in [2.24, 2.45) is 0 Å². The van der Waals surface area contributed by atoms with Gasteiger partial charge in [-0.1, -0.05) is 18.2 Å². The summed E-state index contributed by atoms with van der Waals surface area (Å²) in [5.74, 6) is 1.09. The first-order valence-electron chi connectivity index (χ1n) is 7.92. The molecule has 20 heavy (non-hydrogen) atoms. The molecule has 2 fully saturated rings. The Hall–Kier alpha value is -1.06. The monoisotopic (exact) mass is 272 g/mol. The van der Waals surface area contributed by atoms with Gasteiger partial charge in [-0.15, -0.1) is 0 Å². The smallest absolute Gasteiger partial charge is 0.125 e. The first-order chi connectivity index (χ1) is 9.71. The fourth-order valence-electron chi connectivity index (χ4n) is 4.20. The van der Waals surface area contributed by atoms with Gasteiger partial charge in [0.1, 0.15) is 11.4 Å². The quantitative estimate of drug-likeness (QED) is 0.896. The number of hydrogen-bond donors (Lipinski definition) is 1. The number of hydrogen-bond acceptors (Lipinski definition) is 3. The third-order valence-electron chi connectivity index (χ3n) is 5.27. The predicted octanol–water partition coefficient (Wildman–Crippen LogP) is 2.73. The van der Waals surface area contributed by atoms with E-state index in [0.29, 0.717) is 12.1 Å². The average Bonchev–Trinajstić information content (AvgIpc) is 3.24. The molecule has 0 bridgehead atoms. The average molecular weight is 272 g/mol. The fraction of sp³-hybridized carbons (Fsp3) is 0.647. The normalized spacial score (nSPS) is 36.9. The zero-order valence-electron chi connectivity index (χ0n) is 12.4. The Bertz CT molecular complexity index is 513. The van der Waals surface area contributed by atoms with E-state index in [0.717, 1.165) is 31.2 Å². The highest BCUT2D eigenvalue weighted by molar-refractivity contribution is 5.39. The summed E-state index contributed by atoms with van der Waals surface area (Å²) >= 11 is 0. The van der Waals surface area contributed by atoms with Crippen LogP contribution in [0.5, 0.6) is 5.75 Å². The Morgan fingerprint density at radius 1 is 1.25 bits per heavy atom. The van der Waals surface area contributed by atoms with Gasteiger partial charge in [0, 0.05) is 43.1 Å². The van der Waals surface area contributed by atoms with Crippen molar-refractivity contribution in [3.8, 4) is 5.75 Å². The molecule has 2 heterocycles. The van der Waals surface area contributed by atoms with E-state index in [1.54, 1.807) is 0 Å². The van der Waals surface area contributed by atoms with E-state index in [1.165, 1.54) is 18.4 Å². The minimum absolute atomic E-state index is 0.0179. The van der Waals surface area contributed by atoms with Crippen LogP contribution in [0.1, 0.15) is 44.2 Å². The minimum atomic E-state index is 0.0179. The Labute approximate surface area is 121 Å². The summed E-state index contributed by atoms with van der Waals surface area (Å²) in [6.07, 6.45) is 5.02. The van der Waals surface area contributed by atoms with E-state index >= 15 is 0 Å². The summed E-state index contributed by atoms with van der Waals surface area (Å²) in [4.78, 5) is 2.68. The van der Waals surface area contributed by atoms with Crippen molar-refractivity contribution in [1.29, 1.82) is 0 Å². The van der Waals surface area contributed by atoms with Crippen LogP contribution >= 0.6 is 0 Å². The second kappa shape index (κ2) is 4.47. The number of nitrogens with one attached hydrogen (secondary N) is 1. The number of fused-ring (bicyclic) bond motifs is 1. The van der Waals surface area contributed by atoms with Crippen molar-refractivity contribution in [2.45, 2.75) is 56.3 Å². The summed E-state index contributed by atoms with van der Waals surface area (Å²) in [7, 11) is 2.07. The molecule has 1 N–H and O–H groups in total. The molecule has 0 amide bonds. The fourth-order valence-corrected chi connectivity index (χ4v) is 4.20. The van der Waals surface area contributed by atoms with Gasteiger partial charge in [-0.05, 0) is 32.9 Å². The number of para-hydroxylation sites is 1. The molecule has 1 aromatic carbocycles. The van der Waals surface area contributed by atoms with Gasteiger partial charge in [-0.3, -0.25) is 4.90 Å². The molecule has 4 rings (SSSR count). The van der Waals surface area contributed by atoms with Crippen molar-refractivity contribution < 1.29 is 4.74 Å². The number of benzene rings is 1. The number of nitrogens with zero attached hydrogens (tertiary/aromatic N) is 1. The molecular weight excluding hydrogens is 248 g/mol. The van der Waals surface area contributed by atoms with Crippen LogP contribution in [0.3, 0.4) is 0 Å². The topological polar surface area (TPSA) is 24.5 Å². The molecule has 1 saturated heterocycles. The minimum Gasteiger partial charge on any atom is -0.485 e. The molecule has 108 valence electrons. The van der Waals surface area contributed by atoms with Crippen molar-refractivity contribution in [2.75, 3.05) is 13.6 Å². The molecule has 3 unspecified atom stereocenters. The molecule has 2 aliphatic heterocycles. The van der Waals surface area contributed by atoms with Crippen molar-refractivity contribution >= 4 is 0 Å². The third kappa shape index (κ3) is 1.95. The summed E-state index contributed by atoms with van der Waals surface area (Å²) in [6, 6.07) is 10.4. The molecule has 1 aromatic rings. The maximum absolute atomic E-state index is 6.51. The molecule has 3 nitrogen and oxygen atoms in total. The molecule has 0 radical (unpaired) electrons. The molecule has 0 aromatic heterocycles. The largest absolute Gasteiger partial charge is 0.485 e. The molecule has 3 atom stereocenters. The van der Waals surface area contributed by atoms with Gasteiger partial charge in [-0.2, -0.15) is 0 Å². The van der Waals surface area contributed by atoms with Gasteiger partial charge >= 0.3 is 0 Å². The lowest BCUT2D eigenvalue weighted by atomic mass is 9.85. The Kier molecular flexibility index (Phi) is 2.83. The first-order valence-corrected chi connectivity index (χ1v) is 7.92. The van der Waals surface area contributed by atoms with Crippen LogP contribution in [0.15, 0.2) is 24.3 Å². The van der Waals surface area contributed by atoms with Crippen LogP contribution in [0, 0.1) is 0 Å². The number of likely N-dealkylation sites (tertiary alicyclic amines) is 1. The van der Waals surface area contributed by atoms with Crippen LogP contribution in [0.4, 0.5) is 0 Å². The summed E-state index contributed by atoms with van der Waals surface area (Å²) in [6.45, 7) is 3.47. The van der Waals surface area contributed by atoms with E-state index in [9.17, 15) is 0 Å². The summed E-state index contributed by atoms with van der Waals surface area (Å²) < 4.78 is 6.51. The second-order valence-corrected chi connectivity index (χ2v) is 6.82. The molecule has 1 saturated carbocycles. The molecule has 1 spiro atoms. The van der Waals surface area contributed by atoms with Crippen LogP contribution in [0.2, 0.25) is 0 Å². The van der Waals surface area contributed by atoms with E-state index in [2.05, 4.69) is 48.5 Å². The van der Waals surface area contributed by atoms with E-state index < -0.39 is 0 Å². The van der Waals surface area contributed by atoms with Crippen molar-refractivity contribution in [3.63, 3.8) is 0 Å². The van der Waals surface area contributed by atoms with Crippen LogP contribution in [0.25, 0.3) is 0 Å². The van der Waals surface area contributed by atoms with Gasteiger partial charge in [0.25, 0.3) is 0 Å². The standard InChI is InChI=1S/C17H24N2O/c1-12-9-17(11-19(12)13-7-8-13)10-15(18-2)14-5-3-4-6-16(14)20-17/h3-6,12-13,15,18H,7-11H2,1-2H3. The Balaban J connectivity index is 1.64. The highest BCUT2D eigenvalue weighted by Crippen LogP contribution is 2.47. The zero-order valence-corrected chi connectivity index (χ0v) is 12.4. The van der Waals surface area contributed by atoms with E-state index in [1.807, 2.05) is 0 Å². The lowest BCUT2D eigenvalue weighted by Gasteiger charge is -2.40. The summed E-state index contributed by atoms with van der Waals surface area (Å²) in [5, 5.41) is 3.49. The van der Waals surface area contributed by atoms with Crippen LogP contribution in [-0.2, 0) is 0 Å². The molecule has 3 heteroatoms. The second-order valence-electron chi connectivity index (χ2n) is 6.82. The lowest BCUT2D eigenvalue weighted by molar-refractivity contribution is 0.0388. The predicted molar refractivity (Wildman–Crippen MR) is 80.0 cm³/mol. The maximum Gasteiger partial charge on any atom is 0.125 e. The van der Waals surface area contributed by atoms with Gasteiger partial charge in [0.2, 0.25) is 0 Å². The summed E-state index contributed by atoms with van der Waals surface area (Å²) in [5.41, 5.74) is 1.34. The van der Waals surface area contributed by atoms with Crippen LogP contribution < -0.4 is 10.1 Å². The van der Waals surface area contributed by atoms with Gasteiger partial charge in [0.05, 0.1) is 0 Å². The van der Waals surface area contributed by atoms with Gasteiger partial charge in [-0.25, -0.2) is 0 Å². The molecule has 1 aliphatic carbocycles. The van der Waals surface area contributed by atoms with Gasteiger partial charge in [0.15, 0.2) is 0 Å². The number of rotatable bonds is 2. The zero-order chi connectivity index (χ0) is 13.7. The number of ether oxygens (including phenoxy) is 1. The highest BCUT2D eigenvalue weighted by Gasteiger charge is 2.51. The molecule has 3 aliphatic rings. The third-order valence-corrected chi connectivity index (χ3v) is 5.27. The van der Waals surface area contributed by atoms with Gasteiger partial charge < -0.3 is 10.1 Å². The lowest BCUT2D eigenvalue weighted by Crippen LogP contribution is -2.46. The van der Waals surface area contributed by atoms with Crippen molar-refractivity contribution in [1.82, 2.24) is 10.2 Å². The van der Waals surface area contributed by atoms with Crippen molar-refractivity contribution in [3.05, 3.63) is 29.8 Å². The SMILES string of the molecule is CNC1CC2(CC(C)N(C3CC3)C2)Oc2ccccc21. The van der Waals surface area contributed by atoms with E-state index in [4.69, 9.17) is 4.74 Å². The highest BCUT2D eigenvalue weighted by atomic mass is 16.5.